The average Bonchev–Trinajstić information content (AvgIpc) is 2.89. The number of primary amides is 1. The van der Waals surface area contributed by atoms with Crippen molar-refractivity contribution in [3.63, 3.8) is 0 Å². The van der Waals surface area contributed by atoms with Gasteiger partial charge in [0.1, 0.15) is 0 Å². The van der Waals surface area contributed by atoms with Crippen LogP contribution in [0.3, 0.4) is 0 Å². The molecule has 2 aromatic rings. The Balaban J connectivity index is 1.68. The molecule has 1 aliphatic rings. The lowest BCUT2D eigenvalue weighted by Crippen LogP contribution is -2.37. The lowest BCUT2D eigenvalue weighted by atomic mass is 9.99. The van der Waals surface area contributed by atoms with Gasteiger partial charge in [-0.05, 0) is 41.1 Å². The van der Waals surface area contributed by atoms with Crippen molar-refractivity contribution in [2.45, 2.75) is 19.5 Å². The Bertz CT molecular complexity index is 686. The van der Waals surface area contributed by atoms with E-state index in [4.69, 9.17) is 17.3 Å². The number of rotatable bonds is 5. The van der Waals surface area contributed by atoms with Crippen molar-refractivity contribution in [1.29, 1.82) is 0 Å². The molecule has 22 heavy (non-hydrogen) atoms. The van der Waals surface area contributed by atoms with Gasteiger partial charge in [-0.15, -0.1) is 11.3 Å². The summed E-state index contributed by atoms with van der Waals surface area (Å²) in [4.78, 5) is 14.3. The van der Waals surface area contributed by atoms with Crippen LogP contribution in [0.4, 0.5) is 5.69 Å². The third kappa shape index (κ3) is 3.61. The van der Waals surface area contributed by atoms with Gasteiger partial charge >= 0.3 is 0 Å². The SMILES string of the molecule is NC(=O)CN1CCc2ccc(NCc3sccc3Cl)cc2C1. The summed E-state index contributed by atoms with van der Waals surface area (Å²) in [5.74, 6) is -0.273. The normalized spacial score (nSPS) is 14.6. The van der Waals surface area contributed by atoms with Gasteiger partial charge in [-0.3, -0.25) is 9.69 Å². The smallest absolute Gasteiger partial charge is 0.231 e. The number of amides is 1. The van der Waals surface area contributed by atoms with E-state index in [0.717, 1.165) is 41.6 Å². The molecule has 0 bridgehead atoms. The number of nitrogens with two attached hydrogens (primary N) is 1. The molecule has 1 amide bonds. The fourth-order valence-corrected chi connectivity index (χ4v) is 3.76. The van der Waals surface area contributed by atoms with E-state index in [2.05, 4.69) is 28.4 Å². The zero-order valence-electron chi connectivity index (χ0n) is 12.1. The maximum Gasteiger partial charge on any atom is 0.231 e. The largest absolute Gasteiger partial charge is 0.380 e. The maximum atomic E-state index is 11.1. The number of hydrogen-bond acceptors (Lipinski definition) is 4. The summed E-state index contributed by atoms with van der Waals surface area (Å²) in [6, 6.07) is 8.33. The second-order valence-corrected chi connectivity index (χ2v) is 6.86. The van der Waals surface area contributed by atoms with Gasteiger partial charge in [-0.1, -0.05) is 17.7 Å². The number of carbonyl (C=O) groups excluding carboxylic acids is 1. The van der Waals surface area contributed by atoms with E-state index in [1.165, 1.54) is 11.1 Å². The molecule has 4 nitrogen and oxygen atoms in total. The molecular weight excluding hydrogens is 318 g/mol. The van der Waals surface area contributed by atoms with E-state index in [9.17, 15) is 4.79 Å². The van der Waals surface area contributed by atoms with E-state index >= 15 is 0 Å². The monoisotopic (exact) mass is 335 g/mol. The molecule has 0 radical (unpaired) electrons. The highest BCUT2D eigenvalue weighted by Crippen LogP contribution is 2.25. The number of nitrogens with one attached hydrogen (secondary N) is 1. The molecule has 0 atom stereocenters. The lowest BCUT2D eigenvalue weighted by Gasteiger charge is -2.28. The number of halogens is 1. The van der Waals surface area contributed by atoms with E-state index in [-0.39, 0.29) is 5.91 Å². The molecule has 1 aromatic heterocycles. The molecule has 6 heteroatoms. The zero-order chi connectivity index (χ0) is 15.5. The van der Waals surface area contributed by atoms with Crippen LogP contribution >= 0.6 is 22.9 Å². The molecule has 0 aliphatic carbocycles. The van der Waals surface area contributed by atoms with Gasteiger partial charge in [0.25, 0.3) is 0 Å². The average molecular weight is 336 g/mol. The molecule has 0 unspecified atom stereocenters. The molecule has 3 rings (SSSR count). The molecule has 1 aliphatic heterocycles. The predicted molar refractivity (Wildman–Crippen MR) is 91.3 cm³/mol. The Morgan fingerprint density at radius 1 is 1.36 bits per heavy atom. The van der Waals surface area contributed by atoms with Crippen molar-refractivity contribution in [1.82, 2.24) is 4.90 Å². The van der Waals surface area contributed by atoms with Crippen LogP contribution in [0, 0.1) is 0 Å². The van der Waals surface area contributed by atoms with Crippen LogP contribution in [0.1, 0.15) is 16.0 Å². The van der Waals surface area contributed by atoms with Crippen LogP contribution in [-0.2, 0) is 24.3 Å². The molecule has 3 N–H and O–H groups in total. The second kappa shape index (κ2) is 6.69. The summed E-state index contributed by atoms with van der Waals surface area (Å²) in [6.45, 7) is 2.70. The summed E-state index contributed by atoms with van der Waals surface area (Å²) in [6.07, 6.45) is 0.958. The summed E-state index contributed by atoms with van der Waals surface area (Å²) in [7, 11) is 0. The third-order valence-corrected chi connectivity index (χ3v) is 5.21. The summed E-state index contributed by atoms with van der Waals surface area (Å²) >= 11 is 7.76. The quantitative estimate of drug-likeness (QED) is 0.883. The fraction of sp³-hybridized carbons (Fsp3) is 0.312. The van der Waals surface area contributed by atoms with Gasteiger partial charge in [0, 0.05) is 23.7 Å². The first-order valence-corrected chi connectivity index (χ1v) is 8.46. The standard InChI is InChI=1S/C16H18ClN3OS/c17-14-4-6-22-15(14)8-19-13-2-1-11-3-5-20(10-16(18)21)9-12(11)7-13/h1-2,4,6-7,19H,3,5,8-10H2,(H2,18,21). The van der Waals surface area contributed by atoms with Gasteiger partial charge in [0.2, 0.25) is 5.91 Å². The zero-order valence-corrected chi connectivity index (χ0v) is 13.7. The molecule has 116 valence electrons. The van der Waals surface area contributed by atoms with E-state index in [0.29, 0.717) is 6.54 Å². The molecule has 0 saturated heterocycles. The first-order valence-electron chi connectivity index (χ1n) is 7.20. The van der Waals surface area contributed by atoms with Crippen LogP contribution in [0.25, 0.3) is 0 Å². The highest BCUT2D eigenvalue weighted by atomic mass is 35.5. The highest BCUT2D eigenvalue weighted by molar-refractivity contribution is 7.10. The van der Waals surface area contributed by atoms with Crippen molar-refractivity contribution in [2.75, 3.05) is 18.4 Å². The number of benzene rings is 1. The van der Waals surface area contributed by atoms with Crippen LogP contribution in [0.5, 0.6) is 0 Å². The van der Waals surface area contributed by atoms with Crippen molar-refractivity contribution < 1.29 is 4.79 Å². The number of nitrogens with zero attached hydrogens (tertiary/aromatic N) is 1. The van der Waals surface area contributed by atoms with E-state index in [1.807, 2.05) is 11.4 Å². The second-order valence-electron chi connectivity index (χ2n) is 5.46. The minimum Gasteiger partial charge on any atom is -0.380 e. The number of thiophene rings is 1. The van der Waals surface area contributed by atoms with Crippen LogP contribution in [0.15, 0.2) is 29.6 Å². The van der Waals surface area contributed by atoms with Crippen molar-refractivity contribution in [3.8, 4) is 0 Å². The van der Waals surface area contributed by atoms with Gasteiger partial charge in [-0.2, -0.15) is 0 Å². The van der Waals surface area contributed by atoms with Gasteiger partial charge in [0.05, 0.1) is 18.1 Å². The van der Waals surface area contributed by atoms with Gasteiger partial charge < -0.3 is 11.1 Å². The topological polar surface area (TPSA) is 58.4 Å². The first kappa shape index (κ1) is 15.3. The van der Waals surface area contributed by atoms with E-state index < -0.39 is 0 Å². The summed E-state index contributed by atoms with van der Waals surface area (Å²) in [5.41, 5.74) is 8.96. The fourth-order valence-electron chi connectivity index (χ4n) is 2.71. The van der Waals surface area contributed by atoms with Crippen molar-refractivity contribution >= 4 is 34.5 Å². The molecule has 0 saturated carbocycles. The highest BCUT2D eigenvalue weighted by Gasteiger charge is 2.17. The number of fused-ring (bicyclic) bond motifs is 1. The minimum absolute atomic E-state index is 0.273. The lowest BCUT2D eigenvalue weighted by molar-refractivity contribution is -0.119. The number of carbonyl (C=O) groups is 1. The molecule has 2 heterocycles. The van der Waals surface area contributed by atoms with Crippen LogP contribution < -0.4 is 11.1 Å². The van der Waals surface area contributed by atoms with Gasteiger partial charge in [-0.25, -0.2) is 0 Å². The van der Waals surface area contributed by atoms with Crippen molar-refractivity contribution in [3.05, 3.63) is 50.7 Å². The van der Waals surface area contributed by atoms with E-state index in [1.54, 1.807) is 11.3 Å². The molecule has 0 fully saturated rings. The maximum absolute atomic E-state index is 11.1. The third-order valence-electron chi connectivity index (χ3n) is 3.82. The number of anilines is 1. The molecule has 0 spiro atoms. The molecular formula is C16H18ClN3OS. The molecule has 1 aromatic carbocycles. The Kier molecular flexibility index (Phi) is 4.66. The van der Waals surface area contributed by atoms with Crippen molar-refractivity contribution in [2.24, 2.45) is 5.73 Å². The minimum atomic E-state index is -0.273. The van der Waals surface area contributed by atoms with Crippen LogP contribution in [0.2, 0.25) is 5.02 Å². The summed E-state index contributed by atoms with van der Waals surface area (Å²) in [5, 5.41) is 6.21. The Labute approximate surface area is 138 Å². The van der Waals surface area contributed by atoms with Gasteiger partial charge in [0.15, 0.2) is 0 Å². The predicted octanol–water partition coefficient (Wildman–Crippen LogP) is 2.86. The Morgan fingerprint density at radius 2 is 2.23 bits per heavy atom. The van der Waals surface area contributed by atoms with Crippen LogP contribution in [-0.4, -0.2) is 23.9 Å². The Hall–Kier alpha value is -1.56. The number of hydrogen-bond donors (Lipinski definition) is 2. The first-order chi connectivity index (χ1) is 10.6. The summed E-state index contributed by atoms with van der Waals surface area (Å²) < 4.78 is 0. The Morgan fingerprint density at radius 3 is 2.95 bits per heavy atom.